The van der Waals surface area contributed by atoms with Gasteiger partial charge in [-0.05, 0) is 61.8 Å². The summed E-state index contributed by atoms with van der Waals surface area (Å²) in [5.74, 6) is 2.53. The van der Waals surface area contributed by atoms with Crippen LogP contribution in [0.4, 0.5) is 0 Å². The Hall–Kier alpha value is -0.0800. The molecule has 0 aromatic carbocycles. The van der Waals surface area contributed by atoms with Crippen molar-refractivity contribution in [1.29, 1.82) is 0 Å². The summed E-state index contributed by atoms with van der Waals surface area (Å²) in [6, 6.07) is 1.34. The van der Waals surface area contributed by atoms with Gasteiger partial charge in [-0.2, -0.15) is 0 Å². The van der Waals surface area contributed by atoms with Gasteiger partial charge < -0.3 is 5.73 Å². The molecule has 1 saturated heterocycles. The van der Waals surface area contributed by atoms with Gasteiger partial charge in [0.1, 0.15) is 0 Å². The number of nitrogens with zero attached hydrogens (tertiary/aromatic N) is 1. The van der Waals surface area contributed by atoms with Crippen LogP contribution in [0.3, 0.4) is 0 Å². The predicted molar refractivity (Wildman–Crippen MR) is 85.6 cm³/mol. The molecule has 2 N–H and O–H groups in total. The first-order chi connectivity index (χ1) is 9.50. The molecule has 1 heterocycles. The van der Waals surface area contributed by atoms with Crippen LogP contribution in [0.5, 0.6) is 0 Å². The smallest absolute Gasteiger partial charge is 0.0124 e. The van der Waals surface area contributed by atoms with Crippen molar-refractivity contribution in [1.82, 2.24) is 4.90 Å². The van der Waals surface area contributed by atoms with E-state index in [4.69, 9.17) is 5.73 Å². The molecule has 2 heteroatoms. The lowest BCUT2D eigenvalue weighted by Crippen LogP contribution is -2.51. The van der Waals surface area contributed by atoms with Crippen LogP contribution in [0.15, 0.2) is 0 Å². The Morgan fingerprint density at radius 1 is 1.05 bits per heavy atom. The second-order valence-corrected chi connectivity index (χ2v) is 8.44. The summed E-state index contributed by atoms with van der Waals surface area (Å²) in [6.45, 7) is 10.0. The van der Waals surface area contributed by atoms with Crippen molar-refractivity contribution in [2.24, 2.45) is 28.9 Å². The van der Waals surface area contributed by atoms with E-state index in [1.54, 1.807) is 0 Å². The highest BCUT2D eigenvalue weighted by atomic mass is 15.2. The molecule has 0 bridgehead atoms. The van der Waals surface area contributed by atoms with Crippen LogP contribution in [0.2, 0.25) is 0 Å². The van der Waals surface area contributed by atoms with Gasteiger partial charge in [0.2, 0.25) is 0 Å². The van der Waals surface area contributed by atoms with E-state index in [-0.39, 0.29) is 0 Å². The summed E-state index contributed by atoms with van der Waals surface area (Å²) < 4.78 is 0. The van der Waals surface area contributed by atoms with E-state index in [2.05, 4.69) is 25.7 Å². The summed E-state index contributed by atoms with van der Waals surface area (Å²) >= 11 is 0. The summed E-state index contributed by atoms with van der Waals surface area (Å²) in [6.07, 6.45) is 9.95. The molecule has 3 aliphatic rings. The average molecular weight is 278 g/mol. The van der Waals surface area contributed by atoms with E-state index in [0.717, 1.165) is 17.9 Å². The van der Waals surface area contributed by atoms with E-state index in [1.807, 2.05) is 0 Å². The minimum atomic E-state index is 0.407. The van der Waals surface area contributed by atoms with Crippen molar-refractivity contribution in [3.05, 3.63) is 0 Å². The minimum absolute atomic E-state index is 0.407. The number of hydrogen-bond donors (Lipinski definition) is 1. The van der Waals surface area contributed by atoms with Crippen molar-refractivity contribution in [2.75, 3.05) is 13.1 Å². The van der Waals surface area contributed by atoms with Crippen molar-refractivity contribution in [3.8, 4) is 0 Å². The minimum Gasteiger partial charge on any atom is -0.327 e. The van der Waals surface area contributed by atoms with Gasteiger partial charge in [0.05, 0.1) is 0 Å². The number of likely N-dealkylation sites (tertiary alicyclic amines) is 1. The van der Waals surface area contributed by atoms with Crippen LogP contribution in [0.1, 0.15) is 65.7 Å². The molecule has 20 heavy (non-hydrogen) atoms. The fraction of sp³-hybridized carbons (Fsp3) is 1.00. The highest BCUT2D eigenvalue weighted by molar-refractivity contribution is 4.97. The van der Waals surface area contributed by atoms with E-state index in [9.17, 15) is 0 Å². The van der Waals surface area contributed by atoms with Crippen molar-refractivity contribution >= 4 is 0 Å². The first-order valence-electron chi connectivity index (χ1n) is 8.99. The monoisotopic (exact) mass is 278 g/mol. The Balaban J connectivity index is 1.65. The van der Waals surface area contributed by atoms with Gasteiger partial charge in [0, 0.05) is 18.6 Å². The van der Waals surface area contributed by atoms with Gasteiger partial charge in [-0.1, -0.05) is 33.6 Å². The van der Waals surface area contributed by atoms with Gasteiger partial charge in [-0.15, -0.1) is 0 Å². The second kappa shape index (κ2) is 5.61. The third kappa shape index (κ3) is 2.54. The fourth-order valence-electron chi connectivity index (χ4n) is 5.28. The fourth-order valence-corrected chi connectivity index (χ4v) is 5.28. The third-order valence-electron chi connectivity index (χ3n) is 7.30. The molecule has 2 nitrogen and oxygen atoms in total. The largest absolute Gasteiger partial charge is 0.327 e. The Labute approximate surface area is 125 Å². The highest BCUT2D eigenvalue weighted by Crippen LogP contribution is 2.46. The molecule has 0 aromatic rings. The van der Waals surface area contributed by atoms with E-state index < -0.39 is 0 Å². The van der Waals surface area contributed by atoms with E-state index >= 15 is 0 Å². The molecule has 3 rings (SSSR count). The molecular formula is C18H34N2. The zero-order chi connectivity index (χ0) is 14.3. The van der Waals surface area contributed by atoms with Gasteiger partial charge in [0.15, 0.2) is 0 Å². The second-order valence-electron chi connectivity index (χ2n) is 8.44. The van der Waals surface area contributed by atoms with Gasteiger partial charge in [-0.25, -0.2) is 0 Å². The van der Waals surface area contributed by atoms with Gasteiger partial charge in [0.25, 0.3) is 0 Å². The Morgan fingerprint density at radius 2 is 1.80 bits per heavy atom. The van der Waals surface area contributed by atoms with Crippen LogP contribution in [-0.4, -0.2) is 30.1 Å². The molecule has 0 radical (unpaired) electrons. The lowest BCUT2D eigenvalue weighted by molar-refractivity contribution is 0.0208. The molecule has 1 aliphatic heterocycles. The Bertz CT molecular complexity index is 338. The van der Waals surface area contributed by atoms with Crippen LogP contribution < -0.4 is 5.73 Å². The number of rotatable bonds is 2. The Morgan fingerprint density at radius 3 is 2.60 bits per heavy atom. The summed E-state index contributed by atoms with van der Waals surface area (Å²) in [5.41, 5.74) is 6.72. The van der Waals surface area contributed by atoms with Gasteiger partial charge >= 0.3 is 0 Å². The zero-order valence-corrected chi connectivity index (χ0v) is 13.8. The van der Waals surface area contributed by atoms with Crippen LogP contribution in [0, 0.1) is 23.2 Å². The maximum atomic E-state index is 6.32. The topological polar surface area (TPSA) is 29.3 Å². The summed E-state index contributed by atoms with van der Waals surface area (Å²) in [5, 5.41) is 0. The molecule has 0 aromatic heterocycles. The number of nitrogens with two attached hydrogens (primary N) is 1. The average Bonchev–Trinajstić information content (AvgIpc) is 2.83. The Kier molecular flexibility index (Phi) is 4.16. The molecule has 0 amide bonds. The summed E-state index contributed by atoms with van der Waals surface area (Å²) in [4.78, 5) is 2.86. The van der Waals surface area contributed by atoms with Crippen molar-refractivity contribution in [3.63, 3.8) is 0 Å². The first-order valence-corrected chi connectivity index (χ1v) is 8.99. The van der Waals surface area contributed by atoms with Crippen LogP contribution >= 0.6 is 0 Å². The maximum Gasteiger partial charge on any atom is 0.0124 e. The van der Waals surface area contributed by atoms with Crippen molar-refractivity contribution < 1.29 is 0 Å². The molecule has 3 fully saturated rings. The first kappa shape index (κ1) is 14.8. The zero-order valence-electron chi connectivity index (χ0n) is 13.8. The quantitative estimate of drug-likeness (QED) is 0.835. The van der Waals surface area contributed by atoms with Crippen LogP contribution in [0.25, 0.3) is 0 Å². The standard InChI is InChI=1S/C18H34N2/c1-13-16(19)9-8-15(18(13,2)3)12-20-11-10-14-6-4-5-7-17(14)20/h13-17H,4-12,19H2,1-3H3. The number of fused-ring (bicyclic) bond motifs is 1. The summed E-state index contributed by atoms with van der Waals surface area (Å²) in [7, 11) is 0. The van der Waals surface area contributed by atoms with Crippen LogP contribution in [-0.2, 0) is 0 Å². The molecular weight excluding hydrogens is 244 g/mol. The lowest BCUT2D eigenvalue weighted by atomic mass is 9.61. The normalized spacial score (nSPS) is 45.3. The molecule has 2 aliphatic carbocycles. The molecule has 5 unspecified atom stereocenters. The molecule has 2 saturated carbocycles. The molecule has 116 valence electrons. The lowest BCUT2D eigenvalue weighted by Gasteiger charge is -2.49. The van der Waals surface area contributed by atoms with E-state index in [1.165, 1.54) is 58.0 Å². The predicted octanol–water partition coefficient (Wildman–Crippen LogP) is 3.65. The molecule has 0 spiro atoms. The molecule has 5 atom stereocenters. The van der Waals surface area contributed by atoms with Crippen molar-refractivity contribution in [2.45, 2.75) is 77.8 Å². The number of hydrogen-bond acceptors (Lipinski definition) is 2. The van der Waals surface area contributed by atoms with Gasteiger partial charge in [-0.3, -0.25) is 4.90 Å². The third-order valence-corrected chi connectivity index (χ3v) is 7.30. The highest BCUT2D eigenvalue weighted by Gasteiger charge is 2.44. The maximum absolute atomic E-state index is 6.32. The SMILES string of the molecule is CC1C(N)CCC(CN2CCC3CCCCC32)C1(C)C. The van der Waals surface area contributed by atoms with E-state index in [0.29, 0.717) is 17.4 Å².